The summed E-state index contributed by atoms with van der Waals surface area (Å²) >= 11 is 0. The topological polar surface area (TPSA) is 81.2 Å². The van der Waals surface area contributed by atoms with Crippen LogP contribution in [0.5, 0.6) is 0 Å². The van der Waals surface area contributed by atoms with Gasteiger partial charge < -0.3 is 20.5 Å². The highest BCUT2D eigenvalue weighted by atomic mass is 16.3. The predicted molar refractivity (Wildman–Crippen MR) is 87.8 cm³/mol. The molecule has 3 aromatic rings. The average molecular weight is 297 g/mol. The van der Waals surface area contributed by atoms with E-state index in [1.54, 1.807) is 0 Å². The summed E-state index contributed by atoms with van der Waals surface area (Å²) in [4.78, 5) is 7.93. The minimum absolute atomic E-state index is 0.254. The van der Waals surface area contributed by atoms with Crippen LogP contribution in [0.3, 0.4) is 0 Å². The van der Waals surface area contributed by atoms with E-state index in [4.69, 9.17) is 5.11 Å². The van der Waals surface area contributed by atoms with Crippen molar-refractivity contribution in [3.63, 3.8) is 0 Å². The number of aliphatic hydroxyl groups excluding tert-OH is 2. The van der Waals surface area contributed by atoms with Crippen LogP contribution in [-0.4, -0.2) is 39.4 Å². The van der Waals surface area contributed by atoms with E-state index in [0.717, 1.165) is 28.1 Å². The molecule has 0 spiro atoms. The Morgan fingerprint density at radius 1 is 1.23 bits per heavy atom. The summed E-state index contributed by atoms with van der Waals surface area (Å²) in [5.74, 6) is 0.812. The van der Waals surface area contributed by atoms with Crippen LogP contribution in [0.1, 0.15) is 5.56 Å². The molecule has 3 rings (SSSR count). The molecular formula is C17H19N3O2. The van der Waals surface area contributed by atoms with Crippen molar-refractivity contribution in [2.45, 2.75) is 13.0 Å². The molecule has 0 saturated heterocycles. The molecule has 2 aromatic carbocycles. The average Bonchev–Trinajstić information content (AvgIpc) is 2.96. The molecule has 114 valence electrons. The van der Waals surface area contributed by atoms with Gasteiger partial charge in [-0.2, -0.15) is 0 Å². The SMILES string of the molecule is Cc1ccc2nc(-c3cccc(NCC(O)CO)c3)[nH]c2c1. The second-order valence-electron chi connectivity index (χ2n) is 5.40. The van der Waals surface area contributed by atoms with Gasteiger partial charge in [-0.25, -0.2) is 4.98 Å². The van der Waals surface area contributed by atoms with Gasteiger partial charge >= 0.3 is 0 Å². The zero-order chi connectivity index (χ0) is 15.5. The fourth-order valence-corrected chi connectivity index (χ4v) is 2.34. The molecule has 5 heteroatoms. The van der Waals surface area contributed by atoms with Crippen LogP contribution < -0.4 is 5.32 Å². The molecule has 0 aliphatic heterocycles. The summed E-state index contributed by atoms with van der Waals surface area (Å²) in [5.41, 5.74) is 4.99. The van der Waals surface area contributed by atoms with E-state index in [1.807, 2.05) is 36.4 Å². The molecule has 4 N–H and O–H groups in total. The van der Waals surface area contributed by atoms with Gasteiger partial charge in [0.2, 0.25) is 0 Å². The van der Waals surface area contributed by atoms with Gasteiger partial charge in [0.25, 0.3) is 0 Å². The van der Waals surface area contributed by atoms with Gasteiger partial charge in [-0.3, -0.25) is 0 Å². The number of hydrogen-bond donors (Lipinski definition) is 4. The molecule has 0 aliphatic carbocycles. The second kappa shape index (κ2) is 6.17. The van der Waals surface area contributed by atoms with Crippen molar-refractivity contribution in [2.75, 3.05) is 18.5 Å². The number of fused-ring (bicyclic) bond motifs is 1. The zero-order valence-corrected chi connectivity index (χ0v) is 12.4. The highest BCUT2D eigenvalue weighted by Crippen LogP contribution is 2.23. The summed E-state index contributed by atoms with van der Waals surface area (Å²) < 4.78 is 0. The molecule has 5 nitrogen and oxygen atoms in total. The third-order valence-corrected chi connectivity index (χ3v) is 3.53. The number of aryl methyl sites for hydroxylation is 1. The Kier molecular flexibility index (Phi) is 4.09. The Morgan fingerprint density at radius 3 is 2.91 bits per heavy atom. The Bertz CT molecular complexity index is 782. The monoisotopic (exact) mass is 297 g/mol. The first-order valence-electron chi connectivity index (χ1n) is 7.25. The number of aliphatic hydroxyl groups is 2. The summed E-state index contributed by atoms with van der Waals surface area (Å²) in [6.07, 6.45) is -0.766. The highest BCUT2D eigenvalue weighted by Gasteiger charge is 2.07. The maximum atomic E-state index is 9.40. The van der Waals surface area contributed by atoms with Gasteiger partial charge in [0.15, 0.2) is 0 Å². The van der Waals surface area contributed by atoms with Crippen molar-refractivity contribution in [1.29, 1.82) is 0 Å². The Morgan fingerprint density at radius 2 is 2.09 bits per heavy atom. The first-order valence-corrected chi connectivity index (χ1v) is 7.25. The van der Waals surface area contributed by atoms with E-state index in [2.05, 4.69) is 28.3 Å². The van der Waals surface area contributed by atoms with Gasteiger partial charge in [0, 0.05) is 17.8 Å². The fraction of sp³-hybridized carbons (Fsp3) is 0.235. The van der Waals surface area contributed by atoms with E-state index < -0.39 is 6.10 Å². The van der Waals surface area contributed by atoms with Crippen molar-refractivity contribution < 1.29 is 10.2 Å². The van der Waals surface area contributed by atoms with Crippen molar-refractivity contribution in [3.8, 4) is 11.4 Å². The Labute approximate surface area is 128 Å². The Hall–Kier alpha value is -2.37. The van der Waals surface area contributed by atoms with E-state index in [0.29, 0.717) is 6.54 Å². The summed E-state index contributed by atoms with van der Waals surface area (Å²) in [5, 5.41) is 21.3. The van der Waals surface area contributed by atoms with Gasteiger partial charge in [-0.05, 0) is 36.8 Å². The molecule has 0 bridgehead atoms. The van der Waals surface area contributed by atoms with E-state index in [9.17, 15) is 5.11 Å². The molecular weight excluding hydrogens is 278 g/mol. The van der Waals surface area contributed by atoms with E-state index in [-0.39, 0.29) is 6.61 Å². The van der Waals surface area contributed by atoms with Gasteiger partial charge in [-0.1, -0.05) is 18.2 Å². The molecule has 0 aliphatic rings. The molecule has 22 heavy (non-hydrogen) atoms. The second-order valence-corrected chi connectivity index (χ2v) is 5.40. The van der Waals surface area contributed by atoms with Crippen LogP contribution in [0.15, 0.2) is 42.5 Å². The molecule has 1 unspecified atom stereocenters. The van der Waals surface area contributed by atoms with Crippen LogP contribution in [0.25, 0.3) is 22.4 Å². The van der Waals surface area contributed by atoms with Gasteiger partial charge in [0.05, 0.1) is 23.7 Å². The van der Waals surface area contributed by atoms with Crippen LogP contribution in [-0.2, 0) is 0 Å². The summed E-state index contributed by atoms with van der Waals surface area (Å²) in [6.45, 7) is 2.10. The quantitative estimate of drug-likeness (QED) is 0.582. The number of aromatic nitrogens is 2. The number of H-pyrrole nitrogens is 1. The minimum Gasteiger partial charge on any atom is -0.394 e. The molecule has 0 fully saturated rings. The molecule has 0 saturated carbocycles. The highest BCUT2D eigenvalue weighted by molar-refractivity contribution is 5.80. The first-order chi connectivity index (χ1) is 10.7. The van der Waals surface area contributed by atoms with E-state index in [1.165, 1.54) is 5.56 Å². The number of imidazole rings is 1. The number of anilines is 1. The molecule has 0 radical (unpaired) electrons. The van der Waals surface area contributed by atoms with Crippen LogP contribution in [0, 0.1) is 6.92 Å². The minimum atomic E-state index is -0.766. The lowest BCUT2D eigenvalue weighted by Gasteiger charge is -2.10. The molecule has 1 heterocycles. The lowest BCUT2D eigenvalue weighted by molar-refractivity contribution is 0.105. The van der Waals surface area contributed by atoms with Crippen molar-refractivity contribution >= 4 is 16.7 Å². The van der Waals surface area contributed by atoms with Crippen molar-refractivity contribution in [3.05, 3.63) is 48.0 Å². The lowest BCUT2D eigenvalue weighted by atomic mass is 10.2. The number of nitrogens with zero attached hydrogens (tertiary/aromatic N) is 1. The molecule has 1 atom stereocenters. The lowest BCUT2D eigenvalue weighted by Crippen LogP contribution is -2.22. The van der Waals surface area contributed by atoms with E-state index >= 15 is 0 Å². The predicted octanol–water partition coefficient (Wildman–Crippen LogP) is 2.30. The summed E-state index contributed by atoms with van der Waals surface area (Å²) in [6, 6.07) is 13.9. The smallest absolute Gasteiger partial charge is 0.138 e. The normalized spacial score (nSPS) is 12.5. The van der Waals surface area contributed by atoms with Crippen LogP contribution in [0.2, 0.25) is 0 Å². The first kappa shape index (κ1) is 14.6. The maximum absolute atomic E-state index is 9.40. The number of hydrogen-bond acceptors (Lipinski definition) is 4. The van der Waals surface area contributed by atoms with Crippen molar-refractivity contribution in [2.24, 2.45) is 0 Å². The number of rotatable bonds is 5. The fourth-order valence-electron chi connectivity index (χ4n) is 2.34. The van der Waals surface area contributed by atoms with Gasteiger partial charge in [0.1, 0.15) is 5.82 Å². The maximum Gasteiger partial charge on any atom is 0.138 e. The van der Waals surface area contributed by atoms with Crippen LogP contribution >= 0.6 is 0 Å². The van der Waals surface area contributed by atoms with Crippen LogP contribution in [0.4, 0.5) is 5.69 Å². The number of nitrogens with one attached hydrogen (secondary N) is 2. The van der Waals surface area contributed by atoms with Gasteiger partial charge in [-0.15, -0.1) is 0 Å². The standard InChI is InChI=1S/C17H19N3O2/c1-11-5-6-15-16(7-11)20-17(19-15)12-3-2-4-13(8-12)18-9-14(22)10-21/h2-8,14,18,21-22H,9-10H2,1H3,(H,19,20). The Balaban J connectivity index is 1.86. The third-order valence-electron chi connectivity index (χ3n) is 3.53. The van der Waals surface area contributed by atoms with Crippen molar-refractivity contribution in [1.82, 2.24) is 9.97 Å². The summed E-state index contributed by atoms with van der Waals surface area (Å²) in [7, 11) is 0. The molecule has 1 aromatic heterocycles. The number of aromatic amines is 1. The largest absolute Gasteiger partial charge is 0.394 e. The number of benzene rings is 2. The third kappa shape index (κ3) is 3.10. The molecule has 0 amide bonds. The zero-order valence-electron chi connectivity index (χ0n) is 12.4.